The summed E-state index contributed by atoms with van der Waals surface area (Å²) in [4.78, 5) is 0. The fourth-order valence-corrected chi connectivity index (χ4v) is 2.20. The van der Waals surface area contributed by atoms with Crippen molar-refractivity contribution in [1.82, 2.24) is 0 Å². The van der Waals surface area contributed by atoms with Crippen molar-refractivity contribution in [2.24, 2.45) is 0 Å². The minimum atomic E-state index is 0.154. The zero-order chi connectivity index (χ0) is 18.4. The van der Waals surface area contributed by atoms with E-state index >= 15 is 0 Å². The Hall–Kier alpha value is -3.54. The predicted molar refractivity (Wildman–Crippen MR) is 103 cm³/mol. The normalized spacial score (nSPS) is 9.92. The van der Waals surface area contributed by atoms with Crippen LogP contribution in [0.1, 0.15) is 11.1 Å². The molecule has 0 spiro atoms. The number of hydrogen-bond donors (Lipinski definition) is 6. The zero-order valence-electron chi connectivity index (χ0n) is 13.7. The number of rotatable bonds is 2. The van der Waals surface area contributed by atoms with Gasteiger partial charge in [-0.05, 0) is 60.7 Å². The first kappa shape index (κ1) is 17.8. The molecule has 0 heterocycles. The molecule has 0 aliphatic carbocycles. The standard InChI is InChI=1S/C13H14N2O2.C6H8N2/c14-10-1-3-12(16)8(6-10)5-9-7-11(15)2-4-13(9)17;7-5-1-2-6(8)4-3-5/h1-4,6-7,16-17H,5,14-15H2;1-4H,7-8H2. The highest BCUT2D eigenvalue weighted by Gasteiger charge is 2.07. The van der Waals surface area contributed by atoms with Gasteiger partial charge in [-0.3, -0.25) is 0 Å². The zero-order valence-corrected chi connectivity index (χ0v) is 13.7. The lowest BCUT2D eigenvalue weighted by molar-refractivity contribution is 0.463. The summed E-state index contributed by atoms with van der Waals surface area (Å²) in [7, 11) is 0. The molecule has 0 saturated heterocycles. The minimum absolute atomic E-state index is 0.154. The SMILES string of the molecule is Nc1ccc(N)cc1.Nc1ccc(O)c(Cc2cc(N)ccc2O)c1. The summed E-state index contributed by atoms with van der Waals surface area (Å²) in [6.07, 6.45) is 0.383. The third-order valence-corrected chi connectivity index (χ3v) is 3.52. The molecular formula is C19H22N4O2. The van der Waals surface area contributed by atoms with Crippen molar-refractivity contribution in [3.05, 3.63) is 71.8 Å². The summed E-state index contributed by atoms with van der Waals surface area (Å²) in [5, 5.41) is 19.4. The van der Waals surface area contributed by atoms with Crippen molar-refractivity contribution in [3.63, 3.8) is 0 Å². The largest absolute Gasteiger partial charge is 0.508 e. The molecule has 10 N–H and O–H groups in total. The van der Waals surface area contributed by atoms with E-state index in [2.05, 4.69) is 0 Å². The number of nitrogens with two attached hydrogens (primary N) is 4. The van der Waals surface area contributed by atoms with Crippen molar-refractivity contribution in [3.8, 4) is 11.5 Å². The molecule has 0 unspecified atom stereocenters. The van der Waals surface area contributed by atoms with Gasteiger partial charge in [-0.25, -0.2) is 0 Å². The maximum Gasteiger partial charge on any atom is 0.119 e. The monoisotopic (exact) mass is 338 g/mol. The van der Waals surface area contributed by atoms with Gasteiger partial charge in [0, 0.05) is 40.3 Å². The van der Waals surface area contributed by atoms with Crippen LogP contribution in [0.2, 0.25) is 0 Å². The summed E-state index contributed by atoms with van der Waals surface area (Å²) < 4.78 is 0. The van der Waals surface area contributed by atoms with Crippen LogP contribution in [0.25, 0.3) is 0 Å². The summed E-state index contributed by atoms with van der Waals surface area (Å²) in [6.45, 7) is 0. The molecule has 6 nitrogen and oxygen atoms in total. The van der Waals surface area contributed by atoms with E-state index in [1.54, 1.807) is 48.5 Å². The summed E-state index contributed by atoms with van der Waals surface area (Å²) in [5.74, 6) is 0.307. The molecule has 0 saturated carbocycles. The Morgan fingerprint density at radius 2 is 0.840 bits per heavy atom. The molecule has 0 bridgehead atoms. The van der Waals surface area contributed by atoms with Crippen LogP contribution in [0.3, 0.4) is 0 Å². The Kier molecular flexibility index (Phi) is 5.58. The van der Waals surface area contributed by atoms with Crippen molar-refractivity contribution in [2.75, 3.05) is 22.9 Å². The number of hydrogen-bond acceptors (Lipinski definition) is 6. The maximum atomic E-state index is 9.69. The lowest BCUT2D eigenvalue weighted by Gasteiger charge is -2.08. The number of phenols is 2. The van der Waals surface area contributed by atoms with E-state index in [0.29, 0.717) is 28.9 Å². The maximum absolute atomic E-state index is 9.69. The van der Waals surface area contributed by atoms with Crippen LogP contribution >= 0.6 is 0 Å². The van der Waals surface area contributed by atoms with Crippen molar-refractivity contribution in [1.29, 1.82) is 0 Å². The number of nitrogen functional groups attached to an aromatic ring is 4. The molecule has 0 radical (unpaired) electrons. The third kappa shape index (κ3) is 5.24. The molecule has 3 aromatic rings. The van der Waals surface area contributed by atoms with Crippen LogP contribution < -0.4 is 22.9 Å². The Balaban J connectivity index is 0.000000236. The Morgan fingerprint density at radius 3 is 1.20 bits per heavy atom. The quantitative estimate of drug-likeness (QED) is 0.313. The highest BCUT2D eigenvalue weighted by molar-refractivity contribution is 5.53. The highest BCUT2D eigenvalue weighted by atomic mass is 16.3. The van der Waals surface area contributed by atoms with E-state index in [1.807, 2.05) is 0 Å². The average molecular weight is 338 g/mol. The molecule has 0 atom stereocenters. The topological polar surface area (TPSA) is 145 Å². The molecule has 0 fully saturated rings. The van der Waals surface area contributed by atoms with Crippen LogP contribution in [0, 0.1) is 0 Å². The Morgan fingerprint density at radius 1 is 0.520 bits per heavy atom. The Bertz CT molecular complexity index is 778. The molecule has 3 rings (SSSR count). The fourth-order valence-electron chi connectivity index (χ4n) is 2.20. The van der Waals surface area contributed by atoms with Gasteiger partial charge in [0.25, 0.3) is 0 Å². The number of anilines is 4. The van der Waals surface area contributed by atoms with E-state index < -0.39 is 0 Å². The van der Waals surface area contributed by atoms with Crippen LogP contribution in [0.4, 0.5) is 22.7 Å². The fraction of sp³-hybridized carbons (Fsp3) is 0.0526. The number of phenolic OH excluding ortho intramolecular Hbond substituents is 2. The molecule has 6 heteroatoms. The third-order valence-electron chi connectivity index (χ3n) is 3.52. The summed E-state index contributed by atoms with van der Waals surface area (Å²) in [5.41, 5.74) is 26.0. The highest BCUT2D eigenvalue weighted by Crippen LogP contribution is 2.27. The first-order chi connectivity index (χ1) is 11.8. The van der Waals surface area contributed by atoms with E-state index in [9.17, 15) is 10.2 Å². The summed E-state index contributed by atoms with van der Waals surface area (Å²) >= 11 is 0. The molecule has 0 aliphatic heterocycles. The van der Waals surface area contributed by atoms with Crippen LogP contribution in [0.15, 0.2) is 60.7 Å². The molecule has 25 heavy (non-hydrogen) atoms. The number of benzene rings is 3. The van der Waals surface area contributed by atoms with Gasteiger partial charge in [-0.1, -0.05) is 0 Å². The van der Waals surface area contributed by atoms with Gasteiger partial charge in [0.15, 0.2) is 0 Å². The van der Waals surface area contributed by atoms with Gasteiger partial charge < -0.3 is 33.1 Å². The molecular weight excluding hydrogens is 316 g/mol. The average Bonchev–Trinajstić information content (AvgIpc) is 2.58. The van der Waals surface area contributed by atoms with Gasteiger partial charge in [0.1, 0.15) is 11.5 Å². The smallest absolute Gasteiger partial charge is 0.119 e. The second-order valence-electron chi connectivity index (χ2n) is 5.62. The van der Waals surface area contributed by atoms with Crippen LogP contribution in [0.5, 0.6) is 11.5 Å². The Labute approximate surface area is 146 Å². The molecule has 130 valence electrons. The van der Waals surface area contributed by atoms with Gasteiger partial charge in [-0.2, -0.15) is 0 Å². The van der Waals surface area contributed by atoms with Gasteiger partial charge >= 0.3 is 0 Å². The lowest BCUT2D eigenvalue weighted by atomic mass is 10.0. The van der Waals surface area contributed by atoms with Crippen molar-refractivity contribution >= 4 is 22.7 Å². The van der Waals surface area contributed by atoms with Gasteiger partial charge in [-0.15, -0.1) is 0 Å². The van der Waals surface area contributed by atoms with Crippen molar-refractivity contribution < 1.29 is 10.2 Å². The molecule has 0 amide bonds. The first-order valence-corrected chi connectivity index (χ1v) is 7.61. The molecule has 0 aliphatic rings. The second-order valence-corrected chi connectivity index (χ2v) is 5.62. The molecule has 3 aromatic carbocycles. The molecule has 0 aromatic heterocycles. The first-order valence-electron chi connectivity index (χ1n) is 7.61. The van der Waals surface area contributed by atoms with Crippen LogP contribution in [-0.2, 0) is 6.42 Å². The summed E-state index contributed by atoms with van der Waals surface area (Å²) in [6, 6.07) is 16.8. The number of aromatic hydroxyl groups is 2. The van der Waals surface area contributed by atoms with Crippen molar-refractivity contribution in [2.45, 2.75) is 6.42 Å². The minimum Gasteiger partial charge on any atom is -0.508 e. The van der Waals surface area contributed by atoms with Crippen LogP contribution in [-0.4, -0.2) is 10.2 Å². The van der Waals surface area contributed by atoms with Gasteiger partial charge in [0.05, 0.1) is 0 Å². The van der Waals surface area contributed by atoms with E-state index in [0.717, 1.165) is 11.4 Å². The van der Waals surface area contributed by atoms with E-state index in [-0.39, 0.29) is 11.5 Å². The lowest BCUT2D eigenvalue weighted by Crippen LogP contribution is -1.94. The van der Waals surface area contributed by atoms with E-state index in [1.165, 1.54) is 12.1 Å². The second kappa shape index (κ2) is 7.83. The van der Waals surface area contributed by atoms with E-state index in [4.69, 9.17) is 22.9 Å². The predicted octanol–water partition coefficient (Wildman–Crippen LogP) is 2.70. The van der Waals surface area contributed by atoms with Gasteiger partial charge in [0.2, 0.25) is 0 Å².